The highest BCUT2D eigenvalue weighted by atomic mass is 15.2. The zero-order valence-corrected chi connectivity index (χ0v) is 60.8. The van der Waals surface area contributed by atoms with E-state index in [9.17, 15) is 0 Å². The van der Waals surface area contributed by atoms with Crippen LogP contribution in [0.4, 0.5) is 0 Å². The number of benzene rings is 16. The van der Waals surface area contributed by atoms with Crippen LogP contribution < -0.4 is 0 Å². The van der Waals surface area contributed by atoms with Crippen LogP contribution in [0, 0.1) is 0 Å². The number of hydrogen-bond donors (Lipinski definition) is 0. The van der Waals surface area contributed by atoms with E-state index >= 15 is 0 Å². The van der Waals surface area contributed by atoms with Gasteiger partial charge in [0.2, 0.25) is 11.9 Å². The second-order valence-corrected chi connectivity index (χ2v) is 28.5. The molecule has 0 amide bonds. The van der Waals surface area contributed by atoms with Gasteiger partial charge in [-0.2, -0.15) is 0 Å². The van der Waals surface area contributed by atoms with Gasteiger partial charge in [-0.05, 0) is 136 Å². The number of fused-ring (bicyclic) bond motifs is 14. The van der Waals surface area contributed by atoms with Crippen LogP contribution >= 0.6 is 0 Å². The quantitative estimate of drug-likeness (QED) is 0.122. The summed E-state index contributed by atoms with van der Waals surface area (Å²) < 4.78 is 9.34. The Balaban J connectivity index is 0.000000141. The molecule has 0 unspecified atom stereocenters. The van der Waals surface area contributed by atoms with Crippen LogP contribution in [0.1, 0.15) is 0 Å². The van der Waals surface area contributed by atoms with Gasteiger partial charge < -0.3 is 9.13 Å². The average Bonchev–Trinajstić information content (AvgIpc) is 1.55. The summed E-state index contributed by atoms with van der Waals surface area (Å²) in [5.41, 5.74) is 28.0. The van der Waals surface area contributed by atoms with Crippen molar-refractivity contribution in [1.29, 1.82) is 0 Å². The maximum atomic E-state index is 5.44. The number of nitrogens with zero attached hydrogens (tertiary/aromatic N) is 8. The average molecular weight is 1430 g/mol. The van der Waals surface area contributed by atoms with E-state index in [4.69, 9.17) is 19.9 Å². The van der Waals surface area contributed by atoms with E-state index in [1.165, 1.54) is 82.2 Å². The highest BCUT2D eigenvalue weighted by molar-refractivity contribution is 6.27. The summed E-state index contributed by atoms with van der Waals surface area (Å²) >= 11 is 0. The molecule has 0 atom stereocenters. The van der Waals surface area contributed by atoms with Crippen molar-refractivity contribution in [3.05, 3.63) is 413 Å². The van der Waals surface area contributed by atoms with Crippen molar-refractivity contribution >= 4 is 87.2 Å². The third-order valence-electron chi connectivity index (χ3n) is 21.9. The molecule has 524 valence electrons. The largest absolute Gasteiger partial charge is 0.309 e. The minimum absolute atomic E-state index is 0.626. The molecule has 0 spiro atoms. The first-order valence-electron chi connectivity index (χ1n) is 38.0. The molecule has 8 heteroatoms. The number of para-hydroxylation sites is 6. The third-order valence-corrected chi connectivity index (χ3v) is 21.9. The van der Waals surface area contributed by atoms with E-state index in [0.29, 0.717) is 11.9 Å². The van der Waals surface area contributed by atoms with E-state index in [1.807, 2.05) is 0 Å². The summed E-state index contributed by atoms with van der Waals surface area (Å²) in [6.45, 7) is 0. The molecule has 0 fully saturated rings. The van der Waals surface area contributed by atoms with Crippen LogP contribution in [0.3, 0.4) is 0 Å². The molecule has 0 aliphatic rings. The summed E-state index contributed by atoms with van der Waals surface area (Å²) in [7, 11) is 0. The Morgan fingerprint density at radius 3 is 0.768 bits per heavy atom. The summed E-state index contributed by atoms with van der Waals surface area (Å²) in [5.74, 6) is 1.25. The summed E-state index contributed by atoms with van der Waals surface area (Å²) in [6.07, 6.45) is 0. The molecule has 6 heterocycles. The Morgan fingerprint density at radius 1 is 0.152 bits per heavy atom. The van der Waals surface area contributed by atoms with Crippen molar-refractivity contribution < 1.29 is 0 Å². The van der Waals surface area contributed by atoms with Crippen LogP contribution in [0.2, 0.25) is 0 Å². The van der Waals surface area contributed by atoms with Crippen LogP contribution in [0.5, 0.6) is 0 Å². The maximum Gasteiger partial charge on any atom is 0.235 e. The molecule has 112 heavy (non-hydrogen) atoms. The molecule has 22 aromatic rings. The summed E-state index contributed by atoms with van der Waals surface area (Å²) in [5, 5.41) is 9.53. The third kappa shape index (κ3) is 11.4. The van der Waals surface area contributed by atoms with E-state index in [2.05, 4.69) is 431 Å². The van der Waals surface area contributed by atoms with Crippen LogP contribution in [-0.2, 0) is 0 Å². The zero-order valence-electron chi connectivity index (χ0n) is 60.8. The number of rotatable bonds is 12. The second kappa shape index (κ2) is 27.6. The molecule has 0 aliphatic carbocycles. The van der Waals surface area contributed by atoms with Gasteiger partial charge in [0.15, 0.2) is 0 Å². The van der Waals surface area contributed by atoms with Gasteiger partial charge in [0, 0.05) is 76.7 Å². The molecule has 0 radical (unpaired) electrons. The van der Waals surface area contributed by atoms with E-state index in [0.717, 1.165) is 106 Å². The first kappa shape index (κ1) is 65.2. The zero-order chi connectivity index (χ0) is 74.0. The molecule has 0 aliphatic heterocycles. The summed E-state index contributed by atoms with van der Waals surface area (Å²) in [6, 6.07) is 146. The Labute approximate surface area is 646 Å². The van der Waals surface area contributed by atoms with E-state index in [1.54, 1.807) is 0 Å². The van der Waals surface area contributed by atoms with Gasteiger partial charge in [-0.1, -0.05) is 322 Å². The molecule has 0 bridgehead atoms. The molecule has 6 aromatic heterocycles. The summed E-state index contributed by atoms with van der Waals surface area (Å²) in [4.78, 5) is 21.7. The Morgan fingerprint density at radius 2 is 0.411 bits per heavy atom. The highest BCUT2D eigenvalue weighted by Gasteiger charge is 2.26. The molecular weight excluding hydrogens is 1360 g/mol. The van der Waals surface area contributed by atoms with E-state index < -0.39 is 0 Å². The van der Waals surface area contributed by atoms with Gasteiger partial charge in [0.05, 0.1) is 66.9 Å². The van der Waals surface area contributed by atoms with Crippen molar-refractivity contribution in [3.63, 3.8) is 0 Å². The Kier molecular flexibility index (Phi) is 16.1. The monoisotopic (exact) mass is 1430 g/mol. The molecule has 0 saturated carbocycles. The van der Waals surface area contributed by atoms with Crippen molar-refractivity contribution in [3.8, 4) is 113 Å². The van der Waals surface area contributed by atoms with Crippen molar-refractivity contribution in [2.75, 3.05) is 0 Å². The van der Waals surface area contributed by atoms with Crippen molar-refractivity contribution in [2.24, 2.45) is 0 Å². The lowest BCUT2D eigenvalue weighted by atomic mass is 9.99. The van der Waals surface area contributed by atoms with Crippen LogP contribution in [0.25, 0.3) is 200 Å². The molecule has 8 nitrogen and oxygen atoms in total. The lowest BCUT2D eigenvalue weighted by Gasteiger charge is -2.13. The molecular formula is C104H68N8. The van der Waals surface area contributed by atoms with Crippen LogP contribution in [0.15, 0.2) is 413 Å². The number of hydrogen-bond acceptors (Lipinski definition) is 4. The Hall–Kier alpha value is -15.1. The standard InChI is InChI=1S/2C52H34N4/c1-4-16-35(17-5-1)37-20-14-22-39(32-37)45-34-46(40-23-15-21-38(33-40)36-18-6-2-7-19-36)54-52(53-45)56-48-29-13-11-27-44(48)50-49(56)31-30-43-42-26-10-12-28-47(42)55(51(43)50)41-24-8-3-9-25-41;1-4-15-35(16-5-1)37-27-29-38(30-28-37)45-34-46(40-20-14-19-39(33-40)36-17-6-2-7-18-36)54-52(53-45)56-48-26-13-11-24-44(48)50-49(56)32-31-43-42-23-10-12-25-47(42)55(51(43)50)41-21-8-3-9-22-41/h2*1-34H. The lowest BCUT2D eigenvalue weighted by Crippen LogP contribution is -2.04. The fourth-order valence-corrected chi connectivity index (χ4v) is 16.7. The fraction of sp³-hybridized carbons (Fsp3) is 0. The predicted molar refractivity (Wildman–Crippen MR) is 465 cm³/mol. The van der Waals surface area contributed by atoms with Gasteiger partial charge in [-0.15, -0.1) is 0 Å². The Bertz CT molecular complexity index is 7230. The van der Waals surface area contributed by atoms with Gasteiger partial charge in [-0.3, -0.25) is 9.13 Å². The molecule has 0 N–H and O–H groups in total. The molecule has 0 saturated heterocycles. The SMILES string of the molecule is c1ccc(-c2ccc(-c3cc(-c4cccc(-c5ccccc5)c4)nc(-n4c5ccccc5c5c4ccc4c6ccccc6n(-c6ccccc6)c45)n3)cc2)cc1.c1ccc(-c2cccc(-c3cc(-c4cccc(-c5ccccc5)c4)nc(-n4c5ccccc5c5c4ccc4c6ccccc6n(-c6ccccc6)c45)n3)c2)cc1. The predicted octanol–water partition coefficient (Wildman–Crippen LogP) is 26.7. The first-order valence-corrected chi connectivity index (χ1v) is 38.0. The topological polar surface area (TPSA) is 71.3 Å². The smallest absolute Gasteiger partial charge is 0.235 e. The lowest BCUT2D eigenvalue weighted by molar-refractivity contribution is 0.995. The van der Waals surface area contributed by atoms with E-state index in [-0.39, 0.29) is 0 Å². The molecule has 22 rings (SSSR count). The fourth-order valence-electron chi connectivity index (χ4n) is 16.7. The van der Waals surface area contributed by atoms with Gasteiger partial charge in [-0.25, -0.2) is 19.9 Å². The highest BCUT2D eigenvalue weighted by Crippen LogP contribution is 2.45. The van der Waals surface area contributed by atoms with Crippen LogP contribution in [-0.4, -0.2) is 38.2 Å². The van der Waals surface area contributed by atoms with Gasteiger partial charge >= 0.3 is 0 Å². The normalized spacial score (nSPS) is 11.6. The van der Waals surface area contributed by atoms with Gasteiger partial charge in [0.25, 0.3) is 0 Å². The maximum absolute atomic E-state index is 5.44. The molecule has 16 aromatic carbocycles. The van der Waals surface area contributed by atoms with Gasteiger partial charge in [0.1, 0.15) is 0 Å². The first-order chi connectivity index (χ1) is 55.6. The van der Waals surface area contributed by atoms with Crippen molar-refractivity contribution in [1.82, 2.24) is 38.2 Å². The van der Waals surface area contributed by atoms with Crippen molar-refractivity contribution in [2.45, 2.75) is 0 Å². The second-order valence-electron chi connectivity index (χ2n) is 28.5. The minimum Gasteiger partial charge on any atom is -0.309 e. The minimum atomic E-state index is 0.626. The number of aromatic nitrogens is 8.